The van der Waals surface area contributed by atoms with Crippen LogP contribution in [-0.4, -0.2) is 15.8 Å². The zero-order valence-electron chi connectivity index (χ0n) is 10.5. The van der Waals surface area contributed by atoms with Crippen molar-refractivity contribution in [2.75, 3.05) is 5.73 Å². The maximum Gasteiger partial charge on any atom is 0.193 e. The van der Waals surface area contributed by atoms with E-state index in [1.807, 2.05) is 18.2 Å². The van der Waals surface area contributed by atoms with Gasteiger partial charge >= 0.3 is 0 Å². The van der Waals surface area contributed by atoms with Crippen LogP contribution in [0.4, 0.5) is 5.69 Å². The number of rotatable bonds is 3. The first-order chi connectivity index (χ1) is 9.22. The lowest BCUT2D eigenvalue weighted by molar-refractivity contribution is 0.0777. The lowest BCUT2D eigenvalue weighted by Gasteiger charge is -2.39. The number of Topliss-reactive ketones (excluding diaryl/α,β-unsaturated/α-hetero) is 1. The third kappa shape index (κ3) is 1.89. The van der Waals surface area contributed by atoms with Crippen LogP contribution in [0.3, 0.4) is 0 Å². The molecule has 0 spiro atoms. The molecule has 1 aliphatic rings. The van der Waals surface area contributed by atoms with Crippen molar-refractivity contribution in [3.63, 3.8) is 0 Å². The minimum absolute atomic E-state index is 0.0532. The van der Waals surface area contributed by atoms with Gasteiger partial charge in [0, 0.05) is 6.20 Å². The Labute approximate surface area is 111 Å². The van der Waals surface area contributed by atoms with Crippen LogP contribution in [0.1, 0.15) is 35.4 Å². The van der Waals surface area contributed by atoms with E-state index in [0.29, 0.717) is 11.4 Å². The summed E-state index contributed by atoms with van der Waals surface area (Å²) in [7, 11) is 0. The van der Waals surface area contributed by atoms with Crippen molar-refractivity contribution in [1.82, 2.24) is 9.97 Å². The van der Waals surface area contributed by atoms with E-state index < -0.39 is 5.41 Å². The maximum atomic E-state index is 12.7. The Morgan fingerprint density at radius 3 is 2.53 bits per heavy atom. The van der Waals surface area contributed by atoms with E-state index in [0.717, 1.165) is 25.0 Å². The van der Waals surface area contributed by atoms with E-state index in [1.54, 1.807) is 18.3 Å². The number of ketones is 1. The highest BCUT2D eigenvalue weighted by atomic mass is 16.1. The summed E-state index contributed by atoms with van der Waals surface area (Å²) in [6.07, 6.45) is 6.00. The first kappa shape index (κ1) is 11.8. The van der Waals surface area contributed by atoms with Crippen molar-refractivity contribution >= 4 is 11.5 Å². The van der Waals surface area contributed by atoms with E-state index in [4.69, 9.17) is 5.73 Å². The van der Waals surface area contributed by atoms with Crippen molar-refractivity contribution in [3.8, 4) is 0 Å². The number of pyridine rings is 2. The number of anilines is 1. The summed E-state index contributed by atoms with van der Waals surface area (Å²) in [6, 6.07) is 9.12. The highest BCUT2D eigenvalue weighted by molar-refractivity contribution is 6.03. The number of nitrogens with two attached hydrogens (primary N) is 1. The molecule has 1 fully saturated rings. The zero-order chi connectivity index (χ0) is 13.3. The Morgan fingerprint density at radius 2 is 2.00 bits per heavy atom. The van der Waals surface area contributed by atoms with Crippen LogP contribution in [-0.2, 0) is 5.41 Å². The molecule has 0 radical (unpaired) electrons. The number of hydrogen-bond acceptors (Lipinski definition) is 4. The zero-order valence-corrected chi connectivity index (χ0v) is 10.5. The van der Waals surface area contributed by atoms with Crippen LogP contribution in [0, 0.1) is 0 Å². The molecule has 2 aromatic rings. The lowest BCUT2D eigenvalue weighted by Crippen LogP contribution is -2.43. The Hall–Kier alpha value is -2.23. The van der Waals surface area contributed by atoms with Crippen LogP contribution in [0.25, 0.3) is 0 Å². The maximum absolute atomic E-state index is 12.7. The molecule has 4 heteroatoms. The van der Waals surface area contributed by atoms with Crippen molar-refractivity contribution < 1.29 is 4.79 Å². The molecule has 1 saturated carbocycles. The van der Waals surface area contributed by atoms with Crippen molar-refractivity contribution in [2.24, 2.45) is 0 Å². The normalized spacial score (nSPS) is 16.6. The largest absolute Gasteiger partial charge is 0.397 e. The predicted molar refractivity (Wildman–Crippen MR) is 72.7 cm³/mol. The van der Waals surface area contributed by atoms with Crippen LogP contribution < -0.4 is 5.73 Å². The summed E-state index contributed by atoms with van der Waals surface area (Å²) in [5.41, 5.74) is 7.02. The van der Waals surface area contributed by atoms with E-state index >= 15 is 0 Å². The van der Waals surface area contributed by atoms with Gasteiger partial charge in [-0.2, -0.15) is 0 Å². The van der Waals surface area contributed by atoms with Crippen molar-refractivity contribution in [2.45, 2.75) is 24.7 Å². The Balaban J connectivity index is 1.99. The number of hydrogen-bond donors (Lipinski definition) is 1. The summed E-state index contributed by atoms with van der Waals surface area (Å²) >= 11 is 0. The lowest BCUT2D eigenvalue weighted by atomic mass is 9.63. The molecular weight excluding hydrogens is 238 g/mol. The molecule has 19 heavy (non-hydrogen) atoms. The monoisotopic (exact) mass is 253 g/mol. The van der Waals surface area contributed by atoms with Crippen molar-refractivity contribution in [3.05, 3.63) is 54.1 Å². The van der Waals surface area contributed by atoms with Gasteiger partial charge in [0.25, 0.3) is 0 Å². The summed E-state index contributed by atoms with van der Waals surface area (Å²) in [4.78, 5) is 21.2. The van der Waals surface area contributed by atoms with Gasteiger partial charge in [-0.1, -0.05) is 12.5 Å². The number of nitrogen functional groups attached to an aromatic ring is 1. The van der Waals surface area contributed by atoms with E-state index in [2.05, 4.69) is 9.97 Å². The van der Waals surface area contributed by atoms with Gasteiger partial charge in [-0.15, -0.1) is 0 Å². The number of carbonyl (C=O) groups is 1. The van der Waals surface area contributed by atoms with Gasteiger partial charge < -0.3 is 5.73 Å². The molecule has 0 aliphatic heterocycles. The number of carbonyl (C=O) groups excluding carboxylic acids is 1. The molecule has 4 nitrogen and oxygen atoms in total. The molecule has 0 atom stereocenters. The van der Waals surface area contributed by atoms with Gasteiger partial charge in [0.05, 0.1) is 23.0 Å². The molecule has 0 unspecified atom stereocenters. The standard InChI is InChI=1S/C15H15N3O/c16-11-5-6-12(18-10-11)14(19)15(7-3-8-15)13-4-1-2-9-17-13/h1-2,4-6,9-10H,3,7-8,16H2. The molecule has 1 aliphatic carbocycles. The van der Waals surface area contributed by atoms with Gasteiger partial charge in [-0.05, 0) is 37.1 Å². The topological polar surface area (TPSA) is 68.9 Å². The van der Waals surface area contributed by atoms with Gasteiger partial charge in [-0.3, -0.25) is 14.8 Å². The predicted octanol–water partition coefficient (Wildman–Crippen LogP) is 2.36. The molecule has 0 amide bonds. The molecule has 2 aromatic heterocycles. The van der Waals surface area contributed by atoms with E-state index in [9.17, 15) is 4.79 Å². The third-order valence-corrected chi connectivity index (χ3v) is 3.82. The smallest absolute Gasteiger partial charge is 0.193 e. The molecule has 96 valence electrons. The van der Waals surface area contributed by atoms with Crippen molar-refractivity contribution in [1.29, 1.82) is 0 Å². The number of nitrogens with zero attached hydrogens (tertiary/aromatic N) is 2. The average molecular weight is 253 g/mol. The van der Waals surface area contributed by atoms with Gasteiger partial charge in [0.1, 0.15) is 5.69 Å². The van der Waals surface area contributed by atoms with Crippen LogP contribution >= 0.6 is 0 Å². The Morgan fingerprint density at radius 1 is 1.16 bits per heavy atom. The first-order valence-electron chi connectivity index (χ1n) is 6.40. The SMILES string of the molecule is Nc1ccc(C(=O)C2(c3ccccn3)CCC2)nc1. The molecular formula is C15H15N3O. The Kier molecular flexibility index (Phi) is 2.78. The minimum atomic E-state index is -0.482. The summed E-state index contributed by atoms with van der Waals surface area (Å²) in [6.45, 7) is 0. The molecule has 0 saturated heterocycles. The quantitative estimate of drug-likeness (QED) is 0.852. The second-order valence-corrected chi connectivity index (χ2v) is 4.96. The van der Waals surface area contributed by atoms with Crippen LogP contribution in [0.2, 0.25) is 0 Å². The summed E-state index contributed by atoms with van der Waals surface area (Å²) in [5, 5.41) is 0. The van der Waals surface area contributed by atoms with E-state index in [1.165, 1.54) is 6.20 Å². The third-order valence-electron chi connectivity index (χ3n) is 3.82. The summed E-state index contributed by atoms with van der Waals surface area (Å²) < 4.78 is 0. The second-order valence-electron chi connectivity index (χ2n) is 4.96. The van der Waals surface area contributed by atoms with Gasteiger partial charge in [0.15, 0.2) is 5.78 Å². The summed E-state index contributed by atoms with van der Waals surface area (Å²) in [5.74, 6) is 0.0532. The highest BCUT2D eigenvalue weighted by Crippen LogP contribution is 2.44. The fourth-order valence-electron chi connectivity index (χ4n) is 2.56. The minimum Gasteiger partial charge on any atom is -0.397 e. The van der Waals surface area contributed by atoms with Gasteiger partial charge in [-0.25, -0.2) is 0 Å². The fourth-order valence-corrected chi connectivity index (χ4v) is 2.56. The van der Waals surface area contributed by atoms with Gasteiger partial charge in [0.2, 0.25) is 0 Å². The fraction of sp³-hybridized carbons (Fsp3) is 0.267. The first-order valence-corrected chi connectivity index (χ1v) is 6.40. The van der Waals surface area contributed by atoms with Crippen LogP contribution in [0.15, 0.2) is 42.7 Å². The number of aromatic nitrogens is 2. The van der Waals surface area contributed by atoms with E-state index in [-0.39, 0.29) is 5.78 Å². The molecule has 3 rings (SSSR count). The molecule has 2 heterocycles. The average Bonchev–Trinajstić information content (AvgIpc) is 2.39. The Bertz CT molecular complexity index is 589. The highest BCUT2D eigenvalue weighted by Gasteiger charge is 2.47. The molecule has 0 aromatic carbocycles. The molecule has 0 bridgehead atoms. The molecule has 2 N–H and O–H groups in total. The van der Waals surface area contributed by atoms with Crippen LogP contribution in [0.5, 0.6) is 0 Å². The second kappa shape index (κ2) is 4.46.